The molecule has 0 radical (unpaired) electrons. The van der Waals surface area contributed by atoms with Gasteiger partial charge in [0.15, 0.2) is 0 Å². The van der Waals surface area contributed by atoms with Gasteiger partial charge in [-0.05, 0) is 35.9 Å². The van der Waals surface area contributed by atoms with Crippen LogP contribution < -0.4 is 5.32 Å². The molecule has 3 nitrogen and oxygen atoms in total. The molecule has 2 aromatic rings. The number of hydrogen-bond acceptors (Lipinski definition) is 3. The predicted molar refractivity (Wildman–Crippen MR) is 80.1 cm³/mol. The van der Waals surface area contributed by atoms with Gasteiger partial charge in [0, 0.05) is 12.3 Å². The summed E-state index contributed by atoms with van der Waals surface area (Å²) in [5.41, 5.74) is 1.13. The first-order valence-electron chi connectivity index (χ1n) is 6.33. The van der Waals surface area contributed by atoms with Crippen LogP contribution in [0.15, 0.2) is 42.5 Å². The monoisotopic (exact) mass is 277 g/mol. The molecular formula is C15H19NO2S. The highest BCUT2D eigenvalue weighted by atomic mass is 32.2. The van der Waals surface area contributed by atoms with Gasteiger partial charge in [-0.1, -0.05) is 36.4 Å². The lowest BCUT2D eigenvalue weighted by molar-refractivity contribution is 0.559. The van der Waals surface area contributed by atoms with Gasteiger partial charge in [0.05, 0.1) is 5.75 Å². The molecule has 0 saturated heterocycles. The molecule has 0 aliphatic rings. The maximum atomic E-state index is 11.3. The topological polar surface area (TPSA) is 46.2 Å². The third-order valence-electron chi connectivity index (χ3n) is 3.30. The molecule has 1 unspecified atom stereocenters. The quantitative estimate of drug-likeness (QED) is 0.913. The highest BCUT2D eigenvalue weighted by Gasteiger charge is 2.12. The molecule has 102 valence electrons. The Morgan fingerprint density at radius 3 is 2.42 bits per heavy atom. The maximum Gasteiger partial charge on any atom is 0.147 e. The molecule has 2 rings (SSSR count). The van der Waals surface area contributed by atoms with Gasteiger partial charge in [-0.3, -0.25) is 0 Å². The fourth-order valence-electron chi connectivity index (χ4n) is 2.23. The van der Waals surface area contributed by atoms with Crippen molar-refractivity contribution in [2.75, 3.05) is 19.1 Å². The fourth-order valence-corrected chi connectivity index (χ4v) is 2.90. The Kier molecular flexibility index (Phi) is 4.22. The van der Waals surface area contributed by atoms with Crippen molar-refractivity contribution in [3.8, 4) is 0 Å². The van der Waals surface area contributed by atoms with Gasteiger partial charge < -0.3 is 5.32 Å². The lowest BCUT2D eigenvalue weighted by atomic mass is 10.0. The molecule has 0 saturated carbocycles. The van der Waals surface area contributed by atoms with Gasteiger partial charge in [-0.2, -0.15) is 0 Å². The third-order valence-corrected chi connectivity index (χ3v) is 4.28. The van der Waals surface area contributed by atoms with E-state index in [4.69, 9.17) is 0 Å². The van der Waals surface area contributed by atoms with Crippen molar-refractivity contribution < 1.29 is 8.42 Å². The van der Waals surface area contributed by atoms with E-state index in [0.29, 0.717) is 6.42 Å². The van der Waals surface area contributed by atoms with E-state index < -0.39 is 9.84 Å². The Morgan fingerprint density at radius 1 is 1.11 bits per heavy atom. The van der Waals surface area contributed by atoms with E-state index >= 15 is 0 Å². The van der Waals surface area contributed by atoms with E-state index in [1.807, 2.05) is 19.2 Å². The molecule has 0 bridgehead atoms. The maximum absolute atomic E-state index is 11.3. The molecule has 1 N–H and O–H groups in total. The van der Waals surface area contributed by atoms with Crippen molar-refractivity contribution in [1.29, 1.82) is 0 Å². The van der Waals surface area contributed by atoms with Crippen molar-refractivity contribution in [2.24, 2.45) is 0 Å². The van der Waals surface area contributed by atoms with Crippen LogP contribution in [0.5, 0.6) is 0 Å². The number of fused-ring (bicyclic) bond motifs is 1. The lowest BCUT2D eigenvalue weighted by Gasteiger charge is -2.16. The number of hydrogen-bond donors (Lipinski definition) is 1. The third kappa shape index (κ3) is 3.78. The minimum Gasteiger partial charge on any atom is -0.313 e. The second-order valence-electron chi connectivity index (χ2n) is 4.87. The first-order valence-corrected chi connectivity index (χ1v) is 8.39. The summed E-state index contributed by atoms with van der Waals surface area (Å²) in [7, 11) is -1.06. The highest BCUT2D eigenvalue weighted by Crippen LogP contribution is 2.22. The molecule has 0 amide bonds. The smallest absolute Gasteiger partial charge is 0.147 e. The zero-order chi connectivity index (χ0) is 13.9. The van der Waals surface area contributed by atoms with E-state index in [1.165, 1.54) is 17.0 Å². The van der Waals surface area contributed by atoms with Crippen molar-refractivity contribution in [1.82, 2.24) is 5.32 Å². The lowest BCUT2D eigenvalue weighted by Crippen LogP contribution is -2.19. The van der Waals surface area contributed by atoms with Gasteiger partial charge in [0.2, 0.25) is 0 Å². The van der Waals surface area contributed by atoms with E-state index in [2.05, 4.69) is 35.6 Å². The van der Waals surface area contributed by atoms with Crippen LogP contribution in [0.2, 0.25) is 0 Å². The van der Waals surface area contributed by atoms with Crippen molar-refractivity contribution in [2.45, 2.75) is 12.5 Å². The molecule has 0 fully saturated rings. The minimum absolute atomic E-state index is 0.0688. The standard InChI is InChI=1S/C15H19NO2S/c1-16-15(9-10-19(2,17)18)14-8-7-12-5-3-4-6-13(12)11-14/h3-8,11,15-16H,9-10H2,1-2H3. The minimum atomic E-state index is -2.92. The molecule has 0 spiro atoms. The summed E-state index contributed by atoms with van der Waals surface area (Å²) >= 11 is 0. The molecule has 1 atom stereocenters. The summed E-state index contributed by atoms with van der Waals surface area (Å²) in [4.78, 5) is 0. The van der Waals surface area contributed by atoms with Gasteiger partial charge in [0.1, 0.15) is 9.84 Å². The SMILES string of the molecule is CNC(CCS(C)(=O)=O)c1ccc2ccccc2c1. The first kappa shape index (κ1) is 14.0. The fraction of sp³-hybridized carbons (Fsp3) is 0.333. The van der Waals surface area contributed by atoms with E-state index in [9.17, 15) is 8.42 Å². The summed E-state index contributed by atoms with van der Waals surface area (Å²) in [6, 6.07) is 14.5. The Labute approximate surface area is 114 Å². The second kappa shape index (κ2) is 5.72. The van der Waals surface area contributed by atoms with Gasteiger partial charge in [0.25, 0.3) is 0 Å². The van der Waals surface area contributed by atoms with Crippen LogP contribution in [-0.4, -0.2) is 27.5 Å². The summed E-state index contributed by atoms with van der Waals surface area (Å²) in [5.74, 6) is 0.200. The van der Waals surface area contributed by atoms with Crippen LogP contribution in [-0.2, 0) is 9.84 Å². The normalized spacial score (nSPS) is 13.6. The van der Waals surface area contributed by atoms with Crippen LogP contribution >= 0.6 is 0 Å². The van der Waals surface area contributed by atoms with Crippen molar-refractivity contribution >= 4 is 20.6 Å². The highest BCUT2D eigenvalue weighted by molar-refractivity contribution is 7.90. The first-order chi connectivity index (χ1) is 8.99. The summed E-state index contributed by atoms with van der Waals surface area (Å²) in [6.45, 7) is 0. The van der Waals surface area contributed by atoms with Gasteiger partial charge in [-0.15, -0.1) is 0 Å². The van der Waals surface area contributed by atoms with Gasteiger partial charge >= 0.3 is 0 Å². The predicted octanol–water partition coefficient (Wildman–Crippen LogP) is 2.54. The van der Waals surface area contributed by atoms with Crippen LogP contribution in [0.4, 0.5) is 0 Å². The van der Waals surface area contributed by atoms with Gasteiger partial charge in [-0.25, -0.2) is 8.42 Å². The Bertz CT molecular complexity index is 665. The average molecular weight is 277 g/mol. The molecule has 19 heavy (non-hydrogen) atoms. The largest absolute Gasteiger partial charge is 0.313 e. The zero-order valence-electron chi connectivity index (χ0n) is 11.3. The van der Waals surface area contributed by atoms with Crippen molar-refractivity contribution in [3.05, 3.63) is 48.0 Å². The summed E-state index contributed by atoms with van der Waals surface area (Å²) in [6.07, 6.45) is 1.87. The zero-order valence-corrected chi connectivity index (χ0v) is 12.1. The Morgan fingerprint density at radius 2 is 1.79 bits per heavy atom. The molecule has 2 aromatic carbocycles. The molecule has 4 heteroatoms. The van der Waals surface area contributed by atoms with E-state index in [0.717, 1.165) is 5.56 Å². The van der Waals surface area contributed by atoms with Crippen LogP contribution in [0.3, 0.4) is 0 Å². The van der Waals surface area contributed by atoms with Crippen LogP contribution in [0, 0.1) is 0 Å². The number of rotatable bonds is 5. The van der Waals surface area contributed by atoms with E-state index in [-0.39, 0.29) is 11.8 Å². The molecular weight excluding hydrogens is 258 g/mol. The molecule has 0 aliphatic heterocycles. The molecule has 0 aromatic heterocycles. The van der Waals surface area contributed by atoms with Crippen LogP contribution in [0.25, 0.3) is 10.8 Å². The Hall–Kier alpha value is -1.39. The number of benzene rings is 2. The number of nitrogens with one attached hydrogen (secondary N) is 1. The summed E-state index contributed by atoms with van der Waals surface area (Å²) in [5, 5.41) is 5.57. The van der Waals surface area contributed by atoms with Crippen molar-refractivity contribution in [3.63, 3.8) is 0 Å². The molecule has 0 aliphatic carbocycles. The average Bonchev–Trinajstić information content (AvgIpc) is 2.38. The summed E-state index contributed by atoms with van der Waals surface area (Å²) < 4.78 is 22.5. The molecule has 0 heterocycles. The van der Waals surface area contributed by atoms with E-state index in [1.54, 1.807) is 0 Å². The Balaban J connectivity index is 2.25. The number of sulfone groups is 1. The van der Waals surface area contributed by atoms with Crippen LogP contribution in [0.1, 0.15) is 18.0 Å². The second-order valence-corrected chi connectivity index (χ2v) is 7.13.